The molecule has 7 atom stereocenters. The van der Waals surface area contributed by atoms with Crippen molar-refractivity contribution in [2.45, 2.75) is 180 Å². The third-order valence-electron chi connectivity index (χ3n) is 9.62. The Morgan fingerprint density at radius 3 is 1.70 bits per heavy atom. The molecular formula is C43H78O16P2. The predicted octanol–water partition coefficient (Wildman–Crippen LogP) is 7.83. The molecule has 0 aromatic heterocycles. The second-order valence-corrected chi connectivity index (χ2v) is 18.1. The number of aliphatic hydroxyl groups is 4. The van der Waals surface area contributed by atoms with E-state index in [4.69, 9.17) is 23.8 Å². The molecule has 0 heterocycles. The van der Waals surface area contributed by atoms with Crippen molar-refractivity contribution < 1.29 is 76.9 Å². The van der Waals surface area contributed by atoms with E-state index in [9.17, 15) is 44.0 Å². The van der Waals surface area contributed by atoms with Gasteiger partial charge in [-0.25, -0.2) is 9.13 Å². The maximum Gasteiger partial charge on any atom is 0.472 e. The van der Waals surface area contributed by atoms with E-state index in [-0.39, 0.29) is 25.7 Å². The van der Waals surface area contributed by atoms with Crippen molar-refractivity contribution in [1.82, 2.24) is 0 Å². The predicted molar refractivity (Wildman–Crippen MR) is 234 cm³/mol. The van der Waals surface area contributed by atoms with Gasteiger partial charge in [0.25, 0.3) is 0 Å². The molecule has 356 valence electrons. The van der Waals surface area contributed by atoms with Crippen LogP contribution in [0.3, 0.4) is 0 Å². The molecule has 0 aliphatic rings. The fourth-order valence-corrected chi connectivity index (χ4v) is 6.86. The topological polar surface area (TPSA) is 256 Å². The molecule has 0 saturated heterocycles. The number of carbonyl (C=O) groups is 2. The summed E-state index contributed by atoms with van der Waals surface area (Å²) in [6.07, 6.45) is 24.8. The normalized spacial score (nSPS) is 16.6. The molecule has 18 heteroatoms. The Bertz CT molecular complexity index is 1330. The van der Waals surface area contributed by atoms with Crippen molar-refractivity contribution >= 4 is 27.6 Å². The highest BCUT2D eigenvalue weighted by atomic mass is 31.2. The van der Waals surface area contributed by atoms with Gasteiger partial charge in [0, 0.05) is 12.8 Å². The lowest BCUT2D eigenvalue weighted by Crippen LogP contribution is -2.30. The van der Waals surface area contributed by atoms with Gasteiger partial charge in [-0.15, -0.1) is 0 Å². The summed E-state index contributed by atoms with van der Waals surface area (Å²) in [7, 11) is -9.79. The molecule has 0 saturated carbocycles. The molecule has 0 fully saturated rings. The van der Waals surface area contributed by atoms with Crippen LogP contribution in [0.15, 0.2) is 48.6 Å². The van der Waals surface area contributed by atoms with Crippen molar-refractivity contribution in [3.63, 3.8) is 0 Å². The third kappa shape index (κ3) is 39.3. The summed E-state index contributed by atoms with van der Waals surface area (Å²) in [6.45, 7) is 3.57. The number of phosphoric acid groups is 2. The zero-order valence-electron chi connectivity index (χ0n) is 36.8. The van der Waals surface area contributed by atoms with Crippen molar-refractivity contribution in [1.29, 1.82) is 0 Å². The van der Waals surface area contributed by atoms with Crippen molar-refractivity contribution in [2.75, 3.05) is 26.4 Å². The Morgan fingerprint density at radius 1 is 0.574 bits per heavy atom. The Balaban J connectivity index is 4.83. The largest absolute Gasteiger partial charge is 0.472 e. The summed E-state index contributed by atoms with van der Waals surface area (Å²) in [5.74, 6) is -0.564. The van der Waals surface area contributed by atoms with Crippen LogP contribution in [-0.2, 0) is 41.8 Å². The molecule has 16 nitrogen and oxygen atoms in total. The molecule has 0 spiro atoms. The molecule has 0 aromatic rings. The SMILES string of the molecule is CCCCC[C@@H](O)/C=C/C=C\C=C\C=C\[C@@H](O)[C@H](O)CCCC(=O)OC[C@H](COP(=O)(O)OC[C@@H](O)COP(=O)(O)O)OC(=O)CCCCCCCCCCCCC(C)CC. The Kier molecular flexibility index (Phi) is 36.1. The van der Waals surface area contributed by atoms with Crippen LogP contribution in [0.4, 0.5) is 0 Å². The summed E-state index contributed by atoms with van der Waals surface area (Å²) >= 11 is 0. The van der Waals surface area contributed by atoms with Gasteiger partial charge in [0.15, 0.2) is 6.10 Å². The fourth-order valence-electron chi connectivity index (χ4n) is 5.71. The van der Waals surface area contributed by atoms with E-state index in [1.54, 1.807) is 42.5 Å². The van der Waals surface area contributed by atoms with Crippen LogP contribution in [0.25, 0.3) is 0 Å². The van der Waals surface area contributed by atoms with Crippen LogP contribution in [0, 0.1) is 5.92 Å². The van der Waals surface area contributed by atoms with Gasteiger partial charge in [0.1, 0.15) is 12.7 Å². The lowest BCUT2D eigenvalue weighted by Gasteiger charge is -2.20. The number of allylic oxidation sites excluding steroid dienone is 6. The van der Waals surface area contributed by atoms with Gasteiger partial charge in [-0.05, 0) is 31.6 Å². The first kappa shape index (κ1) is 59.0. The minimum atomic E-state index is -4.90. The summed E-state index contributed by atoms with van der Waals surface area (Å²) in [5, 5.41) is 40.2. The molecular weight excluding hydrogens is 834 g/mol. The molecule has 7 N–H and O–H groups in total. The molecule has 2 unspecified atom stereocenters. The Labute approximate surface area is 364 Å². The number of unbranched alkanes of at least 4 members (excludes halogenated alkanes) is 11. The molecule has 0 bridgehead atoms. The van der Waals surface area contributed by atoms with E-state index in [1.165, 1.54) is 51.0 Å². The molecule has 0 rings (SSSR count). The zero-order chi connectivity index (χ0) is 45.8. The van der Waals surface area contributed by atoms with Gasteiger partial charge < -0.3 is 44.6 Å². The van der Waals surface area contributed by atoms with E-state index >= 15 is 0 Å². The fraction of sp³-hybridized carbons (Fsp3) is 0.767. The van der Waals surface area contributed by atoms with Crippen LogP contribution in [-0.4, -0.2) is 104 Å². The standard InChI is InChI=1S/C43H78O16P2/c1-4-6-19-26-37(44)27-21-16-13-14-17-22-28-40(46)41(47)29-24-31-42(48)55-34-39(35-58-61(53,54)57-33-38(45)32-56-60(50,51)52)59-43(49)30-23-18-12-10-8-7-9-11-15-20-25-36(3)5-2/h13-14,16-17,21-22,27-28,36-41,44-47H,4-12,15,18-20,23-26,29-35H2,1-3H3,(H,53,54)(H2,50,51,52)/b16-13-,17-14+,27-21+,28-22+/t36?,37-,38+,39-,40-,41-/m1/s1. The summed E-state index contributed by atoms with van der Waals surface area (Å²) in [4.78, 5) is 52.7. The number of rotatable bonds is 40. The quantitative estimate of drug-likeness (QED) is 0.0134. The van der Waals surface area contributed by atoms with Gasteiger partial charge in [-0.2, -0.15) is 0 Å². The summed E-state index contributed by atoms with van der Waals surface area (Å²) < 4.78 is 47.5. The molecule has 0 radical (unpaired) electrons. The van der Waals surface area contributed by atoms with E-state index in [0.717, 1.165) is 57.3 Å². The highest BCUT2D eigenvalue weighted by molar-refractivity contribution is 7.47. The average molecular weight is 913 g/mol. The summed E-state index contributed by atoms with van der Waals surface area (Å²) in [6, 6.07) is 0. The molecule has 0 aromatic carbocycles. The Hall–Kier alpha value is -2.04. The molecule has 61 heavy (non-hydrogen) atoms. The van der Waals surface area contributed by atoms with Crippen LogP contribution < -0.4 is 0 Å². The van der Waals surface area contributed by atoms with Crippen molar-refractivity contribution in [3.8, 4) is 0 Å². The highest BCUT2D eigenvalue weighted by Crippen LogP contribution is 2.43. The van der Waals surface area contributed by atoms with Gasteiger partial charge in [-0.1, -0.05) is 159 Å². The number of hydrogen-bond acceptors (Lipinski definition) is 13. The first-order valence-corrected chi connectivity index (χ1v) is 25.1. The second-order valence-electron chi connectivity index (χ2n) is 15.4. The maximum absolute atomic E-state index is 12.7. The number of phosphoric ester groups is 2. The third-order valence-corrected chi connectivity index (χ3v) is 11.1. The Morgan fingerprint density at radius 2 is 1.10 bits per heavy atom. The highest BCUT2D eigenvalue weighted by Gasteiger charge is 2.28. The first-order chi connectivity index (χ1) is 29.0. The second kappa shape index (κ2) is 37.3. The lowest BCUT2D eigenvalue weighted by molar-refractivity contribution is -0.161. The number of ether oxygens (including phenoxy) is 2. The zero-order valence-corrected chi connectivity index (χ0v) is 38.5. The number of aliphatic hydroxyl groups excluding tert-OH is 4. The van der Waals surface area contributed by atoms with Gasteiger partial charge in [0.2, 0.25) is 0 Å². The molecule has 0 amide bonds. The first-order valence-electron chi connectivity index (χ1n) is 22.1. The molecule has 0 aliphatic heterocycles. The van der Waals surface area contributed by atoms with Gasteiger partial charge in [-0.3, -0.25) is 23.2 Å². The smallest absolute Gasteiger partial charge is 0.462 e. The number of carbonyl (C=O) groups excluding carboxylic acids is 2. The maximum atomic E-state index is 12.7. The minimum absolute atomic E-state index is 0.0580. The van der Waals surface area contributed by atoms with Crippen LogP contribution in [0.1, 0.15) is 149 Å². The lowest BCUT2D eigenvalue weighted by atomic mass is 9.99. The van der Waals surface area contributed by atoms with E-state index < -0.39 is 84.5 Å². The number of esters is 2. The van der Waals surface area contributed by atoms with Crippen LogP contribution >= 0.6 is 15.6 Å². The van der Waals surface area contributed by atoms with Crippen LogP contribution in [0.5, 0.6) is 0 Å². The summed E-state index contributed by atoms with van der Waals surface area (Å²) in [5.41, 5.74) is 0. The van der Waals surface area contributed by atoms with E-state index in [0.29, 0.717) is 6.42 Å². The average Bonchev–Trinajstić information content (AvgIpc) is 3.21. The van der Waals surface area contributed by atoms with Crippen molar-refractivity contribution in [2.24, 2.45) is 5.92 Å². The molecule has 0 aliphatic carbocycles. The van der Waals surface area contributed by atoms with Gasteiger partial charge in [0.05, 0.1) is 38.1 Å². The van der Waals surface area contributed by atoms with Crippen LogP contribution in [0.2, 0.25) is 0 Å². The number of hydrogen-bond donors (Lipinski definition) is 7. The van der Waals surface area contributed by atoms with E-state index in [1.807, 2.05) is 0 Å². The van der Waals surface area contributed by atoms with Crippen molar-refractivity contribution in [3.05, 3.63) is 48.6 Å². The van der Waals surface area contributed by atoms with Gasteiger partial charge >= 0.3 is 27.6 Å². The van der Waals surface area contributed by atoms with E-state index in [2.05, 4.69) is 29.8 Å². The minimum Gasteiger partial charge on any atom is -0.462 e. The monoisotopic (exact) mass is 912 g/mol.